The Morgan fingerprint density at radius 2 is 1.97 bits per heavy atom. The van der Waals surface area contributed by atoms with Gasteiger partial charge in [-0.2, -0.15) is 5.26 Å². The van der Waals surface area contributed by atoms with E-state index >= 15 is 0 Å². The van der Waals surface area contributed by atoms with Crippen LogP contribution in [0.4, 0.5) is 16.5 Å². The van der Waals surface area contributed by atoms with Crippen molar-refractivity contribution in [1.29, 1.82) is 5.26 Å². The topological polar surface area (TPSA) is 60.2 Å². The third-order valence-corrected chi connectivity index (χ3v) is 6.20. The van der Waals surface area contributed by atoms with Crippen molar-refractivity contribution in [2.45, 2.75) is 26.3 Å². The molecule has 4 rings (SSSR count). The Morgan fingerprint density at radius 3 is 2.62 bits per heavy atom. The van der Waals surface area contributed by atoms with Crippen LogP contribution in [-0.2, 0) is 6.54 Å². The molecule has 0 N–H and O–H groups in total. The summed E-state index contributed by atoms with van der Waals surface area (Å²) in [6.45, 7) is 4.77. The minimum atomic E-state index is 0.481. The lowest BCUT2D eigenvalue weighted by Gasteiger charge is -2.24. The second-order valence-electron chi connectivity index (χ2n) is 7.16. The highest BCUT2D eigenvalue weighted by Gasteiger charge is 2.18. The first-order valence-electron chi connectivity index (χ1n) is 9.72. The van der Waals surface area contributed by atoms with Gasteiger partial charge in [-0.3, -0.25) is 4.79 Å². The summed E-state index contributed by atoms with van der Waals surface area (Å²) in [7, 11) is 0. The van der Waals surface area contributed by atoms with Gasteiger partial charge < -0.3 is 9.80 Å². The number of hydrogen-bond acceptors (Lipinski definition) is 6. The Hall–Kier alpha value is -3.17. The highest BCUT2D eigenvalue weighted by molar-refractivity contribution is 7.15. The minimum absolute atomic E-state index is 0.481. The monoisotopic (exact) mass is 402 g/mol. The molecule has 0 amide bonds. The molecule has 1 saturated heterocycles. The molecule has 0 atom stereocenters. The van der Waals surface area contributed by atoms with Crippen molar-refractivity contribution in [2.75, 3.05) is 22.9 Å². The van der Waals surface area contributed by atoms with E-state index in [9.17, 15) is 4.79 Å². The third kappa shape index (κ3) is 4.15. The van der Waals surface area contributed by atoms with Crippen molar-refractivity contribution >= 4 is 34.1 Å². The molecule has 0 saturated carbocycles. The maximum absolute atomic E-state index is 11.3. The minimum Gasteiger partial charge on any atom is -0.372 e. The molecule has 0 spiro atoms. The Labute approximate surface area is 174 Å². The van der Waals surface area contributed by atoms with E-state index in [0.29, 0.717) is 17.8 Å². The summed E-state index contributed by atoms with van der Waals surface area (Å²) in [5, 5.41) is 9.89. The van der Waals surface area contributed by atoms with E-state index in [1.165, 1.54) is 35.4 Å². The summed E-state index contributed by atoms with van der Waals surface area (Å²) >= 11 is 1.51. The Morgan fingerprint density at radius 1 is 1.21 bits per heavy atom. The van der Waals surface area contributed by atoms with Gasteiger partial charge in [0.1, 0.15) is 5.69 Å². The fraction of sp³-hybridized carbons (Fsp3) is 0.261. The predicted molar refractivity (Wildman–Crippen MR) is 117 cm³/mol. The molecule has 6 heteroatoms. The van der Waals surface area contributed by atoms with E-state index in [2.05, 4.69) is 45.1 Å². The van der Waals surface area contributed by atoms with Crippen LogP contribution < -0.4 is 9.80 Å². The fourth-order valence-electron chi connectivity index (χ4n) is 3.61. The van der Waals surface area contributed by atoms with Gasteiger partial charge in [-0.1, -0.05) is 12.1 Å². The molecule has 0 aliphatic carbocycles. The molecular weight excluding hydrogens is 380 g/mol. The predicted octanol–water partition coefficient (Wildman–Crippen LogP) is 5.07. The van der Waals surface area contributed by atoms with Gasteiger partial charge in [-0.25, -0.2) is 4.98 Å². The van der Waals surface area contributed by atoms with Crippen LogP contribution in [-0.4, -0.2) is 24.4 Å². The average Bonchev–Trinajstić information content (AvgIpc) is 3.42. The normalized spacial score (nSPS) is 13.3. The molecule has 0 bridgehead atoms. The lowest BCUT2D eigenvalue weighted by atomic mass is 10.1. The number of aldehydes is 1. The van der Waals surface area contributed by atoms with Gasteiger partial charge in [0.05, 0.1) is 18.2 Å². The lowest BCUT2D eigenvalue weighted by molar-refractivity contribution is 0.111. The molecule has 1 aliphatic rings. The Kier molecular flexibility index (Phi) is 5.59. The van der Waals surface area contributed by atoms with Gasteiger partial charge in [0.25, 0.3) is 0 Å². The van der Waals surface area contributed by atoms with E-state index in [1.54, 1.807) is 0 Å². The van der Waals surface area contributed by atoms with Gasteiger partial charge in [0.2, 0.25) is 0 Å². The lowest BCUT2D eigenvalue weighted by Crippen LogP contribution is -2.19. The van der Waals surface area contributed by atoms with E-state index in [0.717, 1.165) is 35.1 Å². The molecule has 1 aromatic heterocycles. The molecule has 2 heterocycles. The molecular formula is C23H22N4OS. The van der Waals surface area contributed by atoms with Crippen molar-refractivity contribution in [3.05, 3.63) is 70.2 Å². The second-order valence-corrected chi connectivity index (χ2v) is 8.35. The molecule has 1 aliphatic heterocycles. The number of nitrogens with zero attached hydrogens (tertiary/aromatic N) is 4. The number of hydrogen-bond donors (Lipinski definition) is 0. The highest BCUT2D eigenvalue weighted by atomic mass is 32.1. The summed E-state index contributed by atoms with van der Waals surface area (Å²) in [5.41, 5.74) is 4.48. The number of thiazole rings is 1. The van der Waals surface area contributed by atoms with Crippen molar-refractivity contribution in [3.8, 4) is 6.07 Å². The van der Waals surface area contributed by atoms with Crippen LogP contribution in [0.5, 0.6) is 0 Å². The zero-order valence-electron chi connectivity index (χ0n) is 16.3. The molecule has 5 nitrogen and oxygen atoms in total. The SMILES string of the molecule is Cc1sc(N(Cc2cccc(N3CCCC3)c2)c2ccc(C#N)cc2)nc1C=O. The van der Waals surface area contributed by atoms with Crippen LogP contribution >= 0.6 is 11.3 Å². The van der Waals surface area contributed by atoms with Crippen LogP contribution in [0.1, 0.15) is 39.3 Å². The summed E-state index contributed by atoms with van der Waals surface area (Å²) in [5.74, 6) is 0. The second kappa shape index (κ2) is 8.46. The number of rotatable bonds is 6. The van der Waals surface area contributed by atoms with Gasteiger partial charge >= 0.3 is 0 Å². The number of benzene rings is 2. The number of anilines is 3. The van der Waals surface area contributed by atoms with Crippen molar-refractivity contribution in [1.82, 2.24) is 4.98 Å². The number of aryl methyl sites for hydroxylation is 1. The van der Waals surface area contributed by atoms with E-state index in [-0.39, 0.29) is 0 Å². The standard InChI is InChI=1S/C23H22N4OS/c1-17-22(16-28)25-23(29-17)27(20-9-7-18(14-24)8-10-20)15-19-5-4-6-21(13-19)26-11-2-3-12-26/h4-10,13,16H,2-3,11-12,15H2,1H3. The van der Waals surface area contributed by atoms with Crippen molar-refractivity contribution in [3.63, 3.8) is 0 Å². The Balaban J connectivity index is 1.69. The fourth-order valence-corrected chi connectivity index (χ4v) is 4.51. The quantitative estimate of drug-likeness (QED) is 0.539. The number of carbonyl (C=O) groups excluding carboxylic acids is 1. The largest absolute Gasteiger partial charge is 0.372 e. The maximum atomic E-state index is 11.3. The summed E-state index contributed by atoms with van der Waals surface area (Å²) in [4.78, 5) is 21.3. The molecule has 1 fully saturated rings. The van der Waals surface area contributed by atoms with E-state index < -0.39 is 0 Å². The third-order valence-electron chi connectivity index (χ3n) is 5.19. The van der Waals surface area contributed by atoms with E-state index in [1.807, 2.05) is 31.2 Å². The maximum Gasteiger partial charge on any atom is 0.191 e. The summed E-state index contributed by atoms with van der Waals surface area (Å²) < 4.78 is 0. The Bertz CT molecular complexity index is 1050. The summed E-state index contributed by atoms with van der Waals surface area (Å²) in [6.07, 6.45) is 3.29. The van der Waals surface area contributed by atoms with Crippen LogP contribution in [0.2, 0.25) is 0 Å². The number of aromatic nitrogens is 1. The molecule has 2 aromatic carbocycles. The first-order chi connectivity index (χ1) is 14.2. The van der Waals surface area contributed by atoms with Gasteiger partial charge in [0.15, 0.2) is 11.4 Å². The number of carbonyl (C=O) groups is 1. The molecule has 29 heavy (non-hydrogen) atoms. The van der Waals surface area contributed by atoms with Crippen LogP contribution in [0.3, 0.4) is 0 Å². The van der Waals surface area contributed by atoms with Crippen LogP contribution in [0, 0.1) is 18.3 Å². The van der Waals surface area contributed by atoms with Gasteiger partial charge in [-0.15, -0.1) is 11.3 Å². The highest BCUT2D eigenvalue weighted by Crippen LogP contribution is 2.33. The van der Waals surface area contributed by atoms with Gasteiger partial charge in [0, 0.05) is 29.3 Å². The van der Waals surface area contributed by atoms with E-state index in [4.69, 9.17) is 5.26 Å². The smallest absolute Gasteiger partial charge is 0.191 e. The molecule has 3 aromatic rings. The first-order valence-corrected chi connectivity index (χ1v) is 10.5. The molecule has 146 valence electrons. The van der Waals surface area contributed by atoms with Gasteiger partial charge in [-0.05, 0) is 61.7 Å². The first kappa shape index (κ1) is 19.2. The van der Waals surface area contributed by atoms with Crippen molar-refractivity contribution < 1.29 is 4.79 Å². The van der Waals surface area contributed by atoms with Crippen LogP contribution in [0.25, 0.3) is 0 Å². The molecule has 0 unspecified atom stereocenters. The average molecular weight is 403 g/mol. The number of nitriles is 1. The zero-order valence-corrected chi connectivity index (χ0v) is 17.2. The summed E-state index contributed by atoms with van der Waals surface area (Å²) in [6, 6.07) is 18.3. The van der Waals surface area contributed by atoms with Crippen molar-refractivity contribution in [2.24, 2.45) is 0 Å². The van der Waals surface area contributed by atoms with Crippen LogP contribution in [0.15, 0.2) is 48.5 Å². The zero-order chi connectivity index (χ0) is 20.2. The molecule has 0 radical (unpaired) electrons.